The molecule has 4 nitrogen and oxygen atoms in total. The molecule has 2 atom stereocenters. The number of anilines is 1. The van der Waals surface area contributed by atoms with Crippen molar-refractivity contribution in [3.8, 4) is 0 Å². The van der Waals surface area contributed by atoms with E-state index in [9.17, 15) is 13.4 Å². The van der Waals surface area contributed by atoms with Crippen LogP contribution in [0.1, 0.15) is 13.8 Å². The topological polar surface area (TPSA) is 72.2 Å². The molecule has 0 fully saturated rings. The summed E-state index contributed by atoms with van der Waals surface area (Å²) in [6, 6.07) is 3.63. The number of benzene rings is 1. The summed E-state index contributed by atoms with van der Waals surface area (Å²) in [4.78, 5) is 11.7. The van der Waals surface area contributed by atoms with E-state index in [2.05, 4.69) is 5.32 Å². The molecule has 17 heavy (non-hydrogen) atoms. The number of halogens is 1. The lowest BCUT2D eigenvalue weighted by Crippen LogP contribution is -2.35. The van der Waals surface area contributed by atoms with Crippen molar-refractivity contribution in [2.45, 2.75) is 24.0 Å². The minimum absolute atomic E-state index is 0.156. The maximum absolute atomic E-state index is 13.0. The minimum atomic E-state index is -1.66. The summed E-state index contributed by atoms with van der Waals surface area (Å²) < 4.78 is 25.1. The minimum Gasteiger partial charge on any atom is -0.398 e. The summed E-state index contributed by atoms with van der Waals surface area (Å²) in [6.07, 6.45) is 0. The number of carbonyl (C=O) groups is 1. The molecule has 3 N–H and O–H groups in total. The molecule has 6 heteroatoms. The molecule has 0 aromatic heterocycles. The first-order valence-electron chi connectivity index (χ1n) is 5.20. The average Bonchev–Trinajstić information content (AvgIpc) is 2.30. The highest BCUT2D eigenvalue weighted by molar-refractivity contribution is 7.86. The second-order valence-electron chi connectivity index (χ2n) is 3.52. The van der Waals surface area contributed by atoms with E-state index in [-0.39, 0.29) is 16.5 Å². The van der Waals surface area contributed by atoms with Gasteiger partial charge in [-0.15, -0.1) is 0 Å². The normalized spacial score (nSPS) is 14.1. The molecule has 2 unspecified atom stereocenters. The van der Waals surface area contributed by atoms with Crippen molar-refractivity contribution in [1.29, 1.82) is 0 Å². The van der Waals surface area contributed by atoms with Gasteiger partial charge in [-0.1, -0.05) is 0 Å². The SMILES string of the molecule is CCNC(=O)C(C)S(=O)c1cc(F)ccc1N. The van der Waals surface area contributed by atoms with Crippen LogP contribution in [0.5, 0.6) is 0 Å². The Balaban J connectivity index is 2.96. The zero-order valence-corrected chi connectivity index (χ0v) is 10.5. The zero-order chi connectivity index (χ0) is 13.0. The van der Waals surface area contributed by atoms with Crippen LogP contribution in [-0.4, -0.2) is 21.9 Å². The summed E-state index contributed by atoms with van der Waals surface area (Å²) in [5.74, 6) is -0.861. The molecule has 1 aromatic rings. The number of nitrogens with one attached hydrogen (secondary N) is 1. The van der Waals surface area contributed by atoms with Gasteiger partial charge in [-0.05, 0) is 32.0 Å². The van der Waals surface area contributed by atoms with Crippen LogP contribution in [0.3, 0.4) is 0 Å². The van der Waals surface area contributed by atoms with Gasteiger partial charge in [0.05, 0.1) is 15.7 Å². The number of amides is 1. The number of nitrogens with two attached hydrogens (primary N) is 1. The first kappa shape index (κ1) is 13.6. The molecule has 1 amide bonds. The van der Waals surface area contributed by atoms with Crippen LogP contribution in [0.2, 0.25) is 0 Å². The summed E-state index contributed by atoms with van der Waals surface area (Å²) in [7, 11) is -1.66. The van der Waals surface area contributed by atoms with Gasteiger partial charge >= 0.3 is 0 Å². The van der Waals surface area contributed by atoms with Crippen molar-refractivity contribution in [2.24, 2.45) is 0 Å². The molecule has 0 saturated carbocycles. The van der Waals surface area contributed by atoms with Crippen molar-refractivity contribution in [2.75, 3.05) is 12.3 Å². The lowest BCUT2D eigenvalue weighted by Gasteiger charge is -2.12. The van der Waals surface area contributed by atoms with E-state index < -0.39 is 21.9 Å². The Morgan fingerprint density at radius 3 is 2.82 bits per heavy atom. The van der Waals surface area contributed by atoms with Crippen LogP contribution in [-0.2, 0) is 15.6 Å². The second kappa shape index (κ2) is 5.77. The lowest BCUT2D eigenvalue weighted by atomic mass is 10.3. The quantitative estimate of drug-likeness (QED) is 0.793. The maximum atomic E-state index is 13.0. The monoisotopic (exact) mass is 258 g/mol. The molecule has 94 valence electrons. The first-order chi connectivity index (χ1) is 7.97. The Kier molecular flexibility index (Phi) is 4.62. The Hall–Kier alpha value is -1.43. The van der Waals surface area contributed by atoms with Crippen LogP contribution < -0.4 is 11.1 Å². The van der Waals surface area contributed by atoms with Gasteiger partial charge in [-0.3, -0.25) is 9.00 Å². The van der Waals surface area contributed by atoms with Crippen LogP contribution in [0, 0.1) is 5.82 Å². The third kappa shape index (κ3) is 3.26. The van der Waals surface area contributed by atoms with Gasteiger partial charge in [0.2, 0.25) is 5.91 Å². The lowest BCUT2D eigenvalue weighted by molar-refractivity contribution is -0.120. The summed E-state index contributed by atoms with van der Waals surface area (Å²) in [5, 5.41) is 1.80. The van der Waals surface area contributed by atoms with Crippen LogP contribution in [0.4, 0.5) is 10.1 Å². The molecule has 0 heterocycles. The van der Waals surface area contributed by atoms with Crippen molar-refractivity contribution in [3.63, 3.8) is 0 Å². The number of hydrogen-bond donors (Lipinski definition) is 2. The van der Waals surface area contributed by atoms with E-state index in [0.717, 1.165) is 6.07 Å². The summed E-state index contributed by atoms with van der Waals surface area (Å²) in [5.41, 5.74) is 5.83. The molecule has 0 aliphatic rings. The largest absolute Gasteiger partial charge is 0.398 e. The van der Waals surface area contributed by atoms with Gasteiger partial charge in [0.15, 0.2) is 0 Å². The zero-order valence-electron chi connectivity index (χ0n) is 9.70. The summed E-state index contributed by atoms with van der Waals surface area (Å²) in [6.45, 7) is 3.74. The van der Waals surface area contributed by atoms with E-state index in [1.165, 1.54) is 19.1 Å². The highest BCUT2D eigenvalue weighted by Gasteiger charge is 2.22. The molecule has 0 aliphatic carbocycles. The maximum Gasteiger partial charge on any atom is 0.235 e. The second-order valence-corrected chi connectivity index (χ2v) is 5.26. The van der Waals surface area contributed by atoms with Gasteiger partial charge in [-0.2, -0.15) is 0 Å². The molecule has 0 radical (unpaired) electrons. The first-order valence-corrected chi connectivity index (χ1v) is 6.42. The number of carbonyl (C=O) groups excluding carboxylic acids is 1. The standard InChI is InChI=1S/C11H15FN2O2S/c1-3-14-11(15)7(2)17(16)10-6-8(12)4-5-9(10)13/h4-7H,3,13H2,1-2H3,(H,14,15). The molecular formula is C11H15FN2O2S. The van der Waals surface area contributed by atoms with E-state index in [1.54, 1.807) is 6.92 Å². The number of nitrogen functional groups attached to an aromatic ring is 1. The van der Waals surface area contributed by atoms with Gasteiger partial charge in [0.25, 0.3) is 0 Å². The fraction of sp³-hybridized carbons (Fsp3) is 0.364. The van der Waals surface area contributed by atoms with Crippen molar-refractivity contribution in [1.82, 2.24) is 5.32 Å². The van der Waals surface area contributed by atoms with Gasteiger partial charge < -0.3 is 11.1 Å². The number of hydrogen-bond acceptors (Lipinski definition) is 3. The molecule has 1 aromatic carbocycles. The molecule has 0 bridgehead atoms. The van der Waals surface area contributed by atoms with Gasteiger partial charge in [0.1, 0.15) is 11.1 Å². The van der Waals surface area contributed by atoms with Crippen LogP contribution >= 0.6 is 0 Å². The molecule has 1 rings (SSSR count). The van der Waals surface area contributed by atoms with Gasteiger partial charge in [0, 0.05) is 12.2 Å². The Morgan fingerprint density at radius 1 is 1.59 bits per heavy atom. The van der Waals surface area contributed by atoms with E-state index in [4.69, 9.17) is 5.73 Å². The predicted octanol–water partition coefficient (Wildman–Crippen LogP) is 1.04. The highest BCUT2D eigenvalue weighted by atomic mass is 32.2. The molecule has 0 spiro atoms. The molecule has 0 saturated heterocycles. The molecular weight excluding hydrogens is 243 g/mol. The van der Waals surface area contributed by atoms with Gasteiger partial charge in [-0.25, -0.2) is 4.39 Å². The Morgan fingerprint density at radius 2 is 2.24 bits per heavy atom. The number of rotatable bonds is 4. The van der Waals surface area contributed by atoms with Crippen molar-refractivity contribution in [3.05, 3.63) is 24.0 Å². The third-order valence-corrected chi connectivity index (χ3v) is 3.88. The van der Waals surface area contributed by atoms with Crippen LogP contribution in [0.15, 0.2) is 23.1 Å². The third-order valence-electron chi connectivity index (χ3n) is 2.23. The van der Waals surface area contributed by atoms with Crippen LogP contribution in [0.25, 0.3) is 0 Å². The fourth-order valence-corrected chi connectivity index (χ4v) is 2.48. The van der Waals surface area contributed by atoms with E-state index >= 15 is 0 Å². The van der Waals surface area contributed by atoms with E-state index in [0.29, 0.717) is 6.54 Å². The fourth-order valence-electron chi connectivity index (χ4n) is 1.29. The molecule has 0 aliphatic heterocycles. The Labute approximate surface area is 102 Å². The summed E-state index contributed by atoms with van der Waals surface area (Å²) >= 11 is 0. The highest BCUT2D eigenvalue weighted by Crippen LogP contribution is 2.20. The van der Waals surface area contributed by atoms with E-state index in [1.807, 2.05) is 0 Å². The smallest absolute Gasteiger partial charge is 0.235 e. The average molecular weight is 258 g/mol. The predicted molar refractivity (Wildman–Crippen MR) is 65.4 cm³/mol. The Bertz CT molecular complexity index is 451. The van der Waals surface area contributed by atoms with Crippen molar-refractivity contribution < 1.29 is 13.4 Å². The van der Waals surface area contributed by atoms with Crippen molar-refractivity contribution >= 4 is 22.4 Å².